The molecule has 0 spiro atoms. The number of nitroso groups, excluding NO2 is 1. The average molecular weight is 226 g/mol. The predicted molar refractivity (Wildman–Crippen MR) is 55.0 cm³/mol. The first kappa shape index (κ1) is 12.5. The van der Waals surface area contributed by atoms with Gasteiger partial charge in [-0.1, -0.05) is 0 Å². The van der Waals surface area contributed by atoms with Gasteiger partial charge in [-0.15, -0.1) is 16.5 Å². The van der Waals surface area contributed by atoms with Crippen LogP contribution in [0, 0.1) is 4.91 Å². The SMILES string of the molecule is CSCCN(CCCl)C(=O)NN=O. The van der Waals surface area contributed by atoms with Crippen LogP contribution in [0.3, 0.4) is 0 Å². The van der Waals surface area contributed by atoms with Crippen molar-refractivity contribution in [2.24, 2.45) is 5.29 Å². The number of nitrogens with one attached hydrogen (secondary N) is 1. The van der Waals surface area contributed by atoms with Crippen molar-refractivity contribution in [1.29, 1.82) is 0 Å². The van der Waals surface area contributed by atoms with Gasteiger partial charge in [-0.2, -0.15) is 17.2 Å². The van der Waals surface area contributed by atoms with Crippen LogP contribution in [-0.4, -0.2) is 41.9 Å². The Morgan fingerprint density at radius 3 is 2.77 bits per heavy atom. The van der Waals surface area contributed by atoms with Gasteiger partial charge in [0.15, 0.2) is 0 Å². The van der Waals surface area contributed by atoms with Gasteiger partial charge in [0.25, 0.3) is 0 Å². The number of carbonyl (C=O) groups excluding carboxylic acids is 1. The number of thioether (sulfide) groups is 1. The van der Waals surface area contributed by atoms with E-state index < -0.39 is 6.03 Å². The third-order valence-corrected chi connectivity index (χ3v) is 2.11. The monoisotopic (exact) mass is 225 g/mol. The molecule has 7 heteroatoms. The Balaban J connectivity index is 3.90. The number of carbonyl (C=O) groups is 1. The lowest BCUT2D eigenvalue weighted by atomic mass is 10.5. The van der Waals surface area contributed by atoms with Crippen molar-refractivity contribution in [2.45, 2.75) is 0 Å². The fraction of sp³-hybridized carbons (Fsp3) is 0.833. The molecule has 0 aromatic carbocycles. The van der Waals surface area contributed by atoms with Crippen molar-refractivity contribution >= 4 is 29.4 Å². The summed E-state index contributed by atoms with van der Waals surface area (Å²) in [6.45, 7) is 0.985. The number of alkyl halides is 1. The summed E-state index contributed by atoms with van der Waals surface area (Å²) in [6.07, 6.45) is 1.94. The van der Waals surface area contributed by atoms with Crippen molar-refractivity contribution in [3.8, 4) is 0 Å². The molecule has 0 rings (SSSR count). The highest BCUT2D eigenvalue weighted by Crippen LogP contribution is 1.97. The maximum absolute atomic E-state index is 11.1. The van der Waals surface area contributed by atoms with Gasteiger partial charge in [-0.05, 0) is 6.26 Å². The number of rotatable bonds is 6. The zero-order valence-electron chi connectivity index (χ0n) is 7.33. The minimum atomic E-state index is -0.496. The highest BCUT2D eigenvalue weighted by Gasteiger charge is 2.11. The van der Waals surface area contributed by atoms with Gasteiger partial charge in [0.1, 0.15) is 0 Å². The summed E-state index contributed by atoms with van der Waals surface area (Å²) in [5.41, 5.74) is 1.83. The minimum Gasteiger partial charge on any atom is -0.321 e. The molecule has 0 aromatic rings. The molecule has 2 amide bonds. The molecular weight excluding hydrogens is 214 g/mol. The first-order chi connectivity index (χ1) is 6.26. The fourth-order valence-corrected chi connectivity index (χ4v) is 1.34. The van der Waals surface area contributed by atoms with Gasteiger partial charge in [0.2, 0.25) is 0 Å². The molecule has 0 saturated heterocycles. The van der Waals surface area contributed by atoms with Crippen LogP contribution >= 0.6 is 23.4 Å². The zero-order chi connectivity index (χ0) is 10.1. The number of hydrogen-bond acceptors (Lipinski definition) is 4. The zero-order valence-corrected chi connectivity index (χ0v) is 8.90. The normalized spacial score (nSPS) is 9.38. The highest BCUT2D eigenvalue weighted by atomic mass is 35.5. The summed E-state index contributed by atoms with van der Waals surface area (Å²) in [4.78, 5) is 22.3. The Morgan fingerprint density at radius 1 is 1.62 bits per heavy atom. The summed E-state index contributed by atoms with van der Waals surface area (Å²) >= 11 is 7.10. The van der Waals surface area contributed by atoms with Crippen LogP contribution in [0.25, 0.3) is 0 Å². The van der Waals surface area contributed by atoms with E-state index in [-0.39, 0.29) is 0 Å². The molecule has 0 aliphatic heterocycles. The van der Waals surface area contributed by atoms with Crippen LogP contribution in [0.5, 0.6) is 0 Å². The topological polar surface area (TPSA) is 61.8 Å². The van der Waals surface area contributed by atoms with Crippen molar-refractivity contribution in [1.82, 2.24) is 10.3 Å². The molecule has 0 radical (unpaired) electrons. The molecular formula is C6H12ClN3O2S. The highest BCUT2D eigenvalue weighted by molar-refractivity contribution is 7.98. The van der Waals surface area contributed by atoms with Gasteiger partial charge < -0.3 is 4.90 Å². The maximum Gasteiger partial charge on any atom is 0.340 e. The van der Waals surface area contributed by atoms with Crippen molar-refractivity contribution in [3.05, 3.63) is 4.91 Å². The number of amides is 2. The van der Waals surface area contributed by atoms with E-state index in [1.165, 1.54) is 4.90 Å². The van der Waals surface area contributed by atoms with Gasteiger partial charge in [0, 0.05) is 24.7 Å². The van der Waals surface area contributed by atoms with Crippen molar-refractivity contribution in [3.63, 3.8) is 0 Å². The van der Waals surface area contributed by atoms with Gasteiger partial charge in [-0.3, -0.25) is 0 Å². The third kappa shape index (κ3) is 5.70. The average Bonchev–Trinajstić information content (AvgIpc) is 2.12. The molecule has 0 aliphatic rings. The molecule has 0 aliphatic carbocycles. The molecule has 0 atom stereocenters. The molecule has 0 saturated carbocycles. The van der Waals surface area contributed by atoms with Crippen LogP contribution in [0.1, 0.15) is 0 Å². The molecule has 0 aromatic heterocycles. The van der Waals surface area contributed by atoms with Crippen LogP contribution in [0.4, 0.5) is 4.79 Å². The van der Waals surface area contributed by atoms with E-state index in [0.717, 1.165) is 5.75 Å². The van der Waals surface area contributed by atoms with E-state index in [1.54, 1.807) is 11.8 Å². The first-order valence-corrected chi connectivity index (χ1v) is 5.61. The lowest BCUT2D eigenvalue weighted by Gasteiger charge is -2.19. The summed E-state index contributed by atoms with van der Waals surface area (Å²) in [5, 5.41) is 2.31. The number of halogens is 1. The molecule has 0 heterocycles. The van der Waals surface area contributed by atoms with Crippen LogP contribution in [0.2, 0.25) is 0 Å². The third-order valence-electron chi connectivity index (χ3n) is 1.35. The molecule has 1 N–H and O–H groups in total. The Hall–Kier alpha value is -0.490. The molecule has 0 bridgehead atoms. The van der Waals surface area contributed by atoms with E-state index in [2.05, 4.69) is 5.29 Å². The van der Waals surface area contributed by atoms with E-state index in [0.29, 0.717) is 19.0 Å². The van der Waals surface area contributed by atoms with E-state index in [4.69, 9.17) is 11.6 Å². The van der Waals surface area contributed by atoms with Crippen LogP contribution in [-0.2, 0) is 0 Å². The summed E-state index contributed by atoms with van der Waals surface area (Å²) in [6, 6.07) is -0.496. The number of nitrogens with zero attached hydrogens (tertiary/aromatic N) is 2. The lowest BCUT2D eigenvalue weighted by Crippen LogP contribution is -2.40. The quantitative estimate of drug-likeness (QED) is 0.421. The second-order valence-electron chi connectivity index (χ2n) is 2.18. The summed E-state index contributed by atoms with van der Waals surface area (Å²) in [7, 11) is 0. The molecule has 76 valence electrons. The Bertz CT molecular complexity index is 170. The summed E-state index contributed by atoms with van der Waals surface area (Å²) in [5.74, 6) is 1.16. The standard InChI is InChI=1S/C6H12ClN3O2S/c1-13-5-4-10(3-2-7)6(11)8-9-12/h2-5H2,1H3,(H,8,11,12). The van der Waals surface area contributed by atoms with Crippen LogP contribution in [0.15, 0.2) is 5.29 Å². The Kier molecular flexibility index (Phi) is 7.82. The van der Waals surface area contributed by atoms with Crippen molar-refractivity contribution < 1.29 is 4.79 Å². The molecule has 13 heavy (non-hydrogen) atoms. The van der Waals surface area contributed by atoms with E-state index in [9.17, 15) is 9.70 Å². The van der Waals surface area contributed by atoms with Gasteiger partial charge in [0.05, 0.1) is 5.29 Å². The summed E-state index contributed by atoms with van der Waals surface area (Å²) < 4.78 is 0. The Labute approximate surface area is 86.1 Å². The number of urea groups is 1. The first-order valence-electron chi connectivity index (χ1n) is 3.68. The van der Waals surface area contributed by atoms with E-state index >= 15 is 0 Å². The Morgan fingerprint density at radius 2 is 2.31 bits per heavy atom. The van der Waals surface area contributed by atoms with E-state index in [1.807, 2.05) is 11.7 Å². The largest absolute Gasteiger partial charge is 0.340 e. The van der Waals surface area contributed by atoms with Crippen molar-refractivity contribution in [2.75, 3.05) is 31.0 Å². The number of hydrogen-bond donors (Lipinski definition) is 1. The fourth-order valence-electron chi connectivity index (χ4n) is 0.728. The smallest absolute Gasteiger partial charge is 0.321 e. The molecule has 0 unspecified atom stereocenters. The maximum atomic E-state index is 11.1. The molecule has 5 nitrogen and oxygen atoms in total. The lowest BCUT2D eigenvalue weighted by molar-refractivity contribution is 0.204. The van der Waals surface area contributed by atoms with Crippen LogP contribution < -0.4 is 5.43 Å². The predicted octanol–water partition coefficient (Wildman–Crippen LogP) is 1.28. The molecule has 0 fully saturated rings. The van der Waals surface area contributed by atoms with Gasteiger partial charge >= 0.3 is 6.03 Å². The van der Waals surface area contributed by atoms with Gasteiger partial charge in [-0.25, -0.2) is 4.79 Å². The second kappa shape index (κ2) is 8.12. The second-order valence-corrected chi connectivity index (χ2v) is 3.54. The minimum absolute atomic E-state index is 0.348.